The number of piperidine rings is 1. The number of benzene rings is 1. The summed E-state index contributed by atoms with van der Waals surface area (Å²) in [5.41, 5.74) is 2.22. The molecule has 2 heterocycles. The highest BCUT2D eigenvalue weighted by Gasteiger charge is 2.35. The van der Waals surface area contributed by atoms with Crippen molar-refractivity contribution >= 4 is 5.91 Å². The number of hydrogen-bond acceptors (Lipinski definition) is 4. The molecule has 0 spiro atoms. The molecule has 6 nitrogen and oxygen atoms in total. The van der Waals surface area contributed by atoms with Crippen molar-refractivity contribution in [3.63, 3.8) is 0 Å². The molecule has 1 amide bonds. The van der Waals surface area contributed by atoms with E-state index in [0.29, 0.717) is 23.7 Å². The fraction of sp³-hybridized carbons (Fsp3) is 0.619. The zero-order valence-electron chi connectivity index (χ0n) is 16.3. The maximum atomic E-state index is 12.9. The van der Waals surface area contributed by atoms with E-state index < -0.39 is 0 Å². The van der Waals surface area contributed by atoms with E-state index in [1.165, 1.54) is 36.0 Å². The Balaban J connectivity index is 1.43. The van der Waals surface area contributed by atoms with Crippen molar-refractivity contribution in [1.82, 2.24) is 25.1 Å². The second kappa shape index (κ2) is 7.79. The van der Waals surface area contributed by atoms with Gasteiger partial charge < -0.3 is 4.90 Å². The van der Waals surface area contributed by atoms with Crippen molar-refractivity contribution in [3.8, 4) is 11.4 Å². The number of carbonyl (C=O) groups excluding carboxylic acids is 1. The van der Waals surface area contributed by atoms with Gasteiger partial charge in [0.1, 0.15) is 6.54 Å². The Bertz CT molecular complexity index is 780. The summed E-state index contributed by atoms with van der Waals surface area (Å²) < 4.78 is 0. The van der Waals surface area contributed by atoms with Gasteiger partial charge in [0.15, 0.2) is 0 Å². The lowest BCUT2D eigenvalue weighted by Gasteiger charge is -2.44. The summed E-state index contributed by atoms with van der Waals surface area (Å²) in [6.45, 7) is 5.40. The number of fused-ring (bicyclic) bond motifs is 1. The first-order valence-electron chi connectivity index (χ1n) is 10.3. The molecular weight excluding hydrogens is 338 g/mol. The van der Waals surface area contributed by atoms with Crippen molar-refractivity contribution in [2.75, 3.05) is 6.54 Å². The van der Waals surface area contributed by atoms with E-state index in [-0.39, 0.29) is 12.5 Å². The van der Waals surface area contributed by atoms with Gasteiger partial charge >= 0.3 is 0 Å². The molecule has 1 aliphatic carbocycles. The van der Waals surface area contributed by atoms with Gasteiger partial charge in [-0.1, -0.05) is 51.0 Å². The number of aromatic nitrogens is 4. The molecule has 1 aromatic heterocycles. The van der Waals surface area contributed by atoms with Crippen LogP contribution in [0, 0.1) is 5.92 Å². The van der Waals surface area contributed by atoms with Crippen LogP contribution in [0.2, 0.25) is 0 Å². The zero-order valence-corrected chi connectivity index (χ0v) is 16.3. The number of tetrazole rings is 1. The van der Waals surface area contributed by atoms with Crippen LogP contribution in [0.5, 0.6) is 0 Å². The number of nitrogens with zero attached hydrogens (tertiary/aromatic N) is 5. The van der Waals surface area contributed by atoms with Crippen molar-refractivity contribution in [3.05, 3.63) is 29.8 Å². The normalized spacial score (nSPS) is 22.7. The molecule has 0 N–H and O–H groups in total. The number of hydrogen-bond donors (Lipinski definition) is 0. The van der Waals surface area contributed by atoms with Crippen molar-refractivity contribution in [2.45, 2.75) is 70.9 Å². The molecule has 0 unspecified atom stereocenters. The van der Waals surface area contributed by atoms with Gasteiger partial charge in [-0.15, -0.1) is 10.2 Å². The molecule has 144 valence electrons. The first kappa shape index (κ1) is 18.1. The standard InChI is InChI=1S/C21H29N5O/c1-15(2)16-9-11-18(12-10-16)21-22-24-26(23-21)14-20(27)25-13-5-7-17-6-3-4-8-19(17)25/h9-12,15,17,19H,3-8,13-14H2,1-2H3/t17-,19+/m1/s1. The van der Waals surface area contributed by atoms with Gasteiger partial charge in [0.2, 0.25) is 11.7 Å². The van der Waals surface area contributed by atoms with Gasteiger partial charge in [0, 0.05) is 18.2 Å². The molecule has 2 aromatic rings. The highest BCUT2D eigenvalue weighted by atomic mass is 16.2. The lowest BCUT2D eigenvalue weighted by Crippen LogP contribution is -2.50. The number of rotatable bonds is 4. The molecular formula is C21H29N5O. The lowest BCUT2D eigenvalue weighted by atomic mass is 9.78. The summed E-state index contributed by atoms with van der Waals surface area (Å²) in [6, 6.07) is 8.67. The zero-order chi connectivity index (χ0) is 18.8. The number of likely N-dealkylation sites (tertiary alicyclic amines) is 1. The molecule has 2 aliphatic rings. The van der Waals surface area contributed by atoms with Crippen LogP contribution in [-0.2, 0) is 11.3 Å². The Morgan fingerprint density at radius 1 is 1.11 bits per heavy atom. The third kappa shape index (κ3) is 3.89. The highest BCUT2D eigenvalue weighted by molar-refractivity contribution is 5.76. The molecule has 0 radical (unpaired) electrons. The SMILES string of the molecule is CC(C)c1ccc(-c2nnn(CC(=O)N3CCC[C@H]4CCCC[C@@H]43)n2)cc1. The molecule has 1 aromatic carbocycles. The van der Waals surface area contributed by atoms with E-state index in [9.17, 15) is 4.79 Å². The Kier molecular flexibility index (Phi) is 5.23. The van der Waals surface area contributed by atoms with Gasteiger partial charge in [-0.05, 0) is 48.3 Å². The summed E-state index contributed by atoms with van der Waals surface area (Å²) in [4.78, 5) is 16.4. The minimum atomic E-state index is 0.130. The van der Waals surface area contributed by atoms with Crippen LogP contribution in [0.1, 0.15) is 63.9 Å². The van der Waals surface area contributed by atoms with Crippen LogP contribution < -0.4 is 0 Å². The molecule has 1 saturated carbocycles. The molecule has 6 heteroatoms. The van der Waals surface area contributed by atoms with Crippen LogP contribution in [0.25, 0.3) is 11.4 Å². The fourth-order valence-electron chi connectivity index (χ4n) is 4.59. The summed E-state index contributed by atoms with van der Waals surface area (Å²) in [6.07, 6.45) is 7.36. The first-order valence-corrected chi connectivity index (χ1v) is 10.3. The molecule has 2 fully saturated rings. The third-order valence-electron chi connectivity index (χ3n) is 6.13. The van der Waals surface area contributed by atoms with Crippen LogP contribution >= 0.6 is 0 Å². The minimum Gasteiger partial charge on any atom is -0.338 e. The van der Waals surface area contributed by atoms with Crippen LogP contribution in [0.4, 0.5) is 0 Å². The summed E-state index contributed by atoms with van der Waals surface area (Å²) in [5, 5.41) is 12.7. The van der Waals surface area contributed by atoms with E-state index >= 15 is 0 Å². The van der Waals surface area contributed by atoms with Crippen LogP contribution in [-0.4, -0.2) is 43.6 Å². The predicted octanol–water partition coefficient (Wildman–Crippen LogP) is 3.64. The topological polar surface area (TPSA) is 63.9 Å². The van der Waals surface area contributed by atoms with Crippen LogP contribution in [0.15, 0.2) is 24.3 Å². The van der Waals surface area contributed by atoms with E-state index in [1.807, 2.05) is 12.1 Å². The Hall–Kier alpha value is -2.24. The smallest absolute Gasteiger partial charge is 0.246 e. The second-order valence-electron chi connectivity index (χ2n) is 8.26. The first-order chi connectivity index (χ1) is 13.1. The largest absolute Gasteiger partial charge is 0.338 e. The summed E-state index contributed by atoms with van der Waals surface area (Å²) in [7, 11) is 0. The van der Waals surface area contributed by atoms with Gasteiger partial charge in [-0.3, -0.25) is 4.79 Å². The van der Waals surface area contributed by atoms with E-state index in [2.05, 4.69) is 46.3 Å². The maximum Gasteiger partial charge on any atom is 0.246 e. The minimum absolute atomic E-state index is 0.130. The van der Waals surface area contributed by atoms with Crippen molar-refractivity contribution in [1.29, 1.82) is 0 Å². The fourth-order valence-corrected chi connectivity index (χ4v) is 4.59. The van der Waals surface area contributed by atoms with E-state index in [1.54, 1.807) is 0 Å². The lowest BCUT2D eigenvalue weighted by molar-refractivity contribution is -0.138. The molecule has 2 atom stereocenters. The monoisotopic (exact) mass is 367 g/mol. The van der Waals surface area contributed by atoms with E-state index in [4.69, 9.17) is 0 Å². The van der Waals surface area contributed by atoms with Gasteiger partial charge in [0.25, 0.3) is 0 Å². The average molecular weight is 367 g/mol. The Morgan fingerprint density at radius 3 is 2.63 bits per heavy atom. The second-order valence-corrected chi connectivity index (χ2v) is 8.26. The molecule has 4 rings (SSSR count). The highest BCUT2D eigenvalue weighted by Crippen LogP contribution is 2.35. The van der Waals surface area contributed by atoms with E-state index in [0.717, 1.165) is 24.9 Å². The maximum absolute atomic E-state index is 12.9. The predicted molar refractivity (Wildman–Crippen MR) is 104 cm³/mol. The molecule has 0 bridgehead atoms. The van der Waals surface area contributed by atoms with Gasteiger partial charge in [-0.25, -0.2) is 0 Å². The Labute approximate surface area is 160 Å². The van der Waals surface area contributed by atoms with Crippen molar-refractivity contribution < 1.29 is 4.79 Å². The quantitative estimate of drug-likeness (QED) is 0.827. The Morgan fingerprint density at radius 2 is 1.85 bits per heavy atom. The molecule has 1 aliphatic heterocycles. The number of amides is 1. The van der Waals surface area contributed by atoms with Gasteiger partial charge in [-0.2, -0.15) is 4.80 Å². The average Bonchev–Trinajstić information content (AvgIpc) is 3.16. The summed E-state index contributed by atoms with van der Waals surface area (Å²) in [5.74, 6) is 1.89. The van der Waals surface area contributed by atoms with Crippen molar-refractivity contribution in [2.24, 2.45) is 5.92 Å². The van der Waals surface area contributed by atoms with Crippen LogP contribution in [0.3, 0.4) is 0 Å². The molecule has 27 heavy (non-hydrogen) atoms. The summed E-state index contributed by atoms with van der Waals surface area (Å²) >= 11 is 0. The van der Waals surface area contributed by atoms with Gasteiger partial charge in [0.05, 0.1) is 0 Å². The number of carbonyl (C=O) groups is 1. The molecule has 1 saturated heterocycles. The third-order valence-corrected chi connectivity index (χ3v) is 6.13.